The SMILES string of the molecule is Cc1ccc(Oc2nc3cc(-c4ccc5c(ccn5C)c4)c(Cl)cc3[nH]2)cc1C(=O)NCCOCCOCCOCCN. The predicted molar refractivity (Wildman–Crippen MR) is 168 cm³/mol. The highest BCUT2D eigenvalue weighted by Crippen LogP contribution is 2.34. The molecule has 2 heterocycles. The molecule has 2 aromatic heterocycles. The van der Waals surface area contributed by atoms with Crippen LogP contribution in [-0.4, -0.2) is 73.2 Å². The van der Waals surface area contributed by atoms with Crippen molar-refractivity contribution in [2.45, 2.75) is 6.92 Å². The number of hydrogen-bond donors (Lipinski definition) is 3. The van der Waals surface area contributed by atoms with E-state index < -0.39 is 0 Å². The summed E-state index contributed by atoms with van der Waals surface area (Å²) in [6.45, 7) is 5.53. The normalized spacial score (nSPS) is 11.4. The van der Waals surface area contributed by atoms with Crippen LogP contribution in [0.2, 0.25) is 5.02 Å². The number of aromatic nitrogens is 3. The molecule has 0 aliphatic heterocycles. The lowest BCUT2D eigenvalue weighted by molar-refractivity contribution is 0.0166. The van der Waals surface area contributed by atoms with Gasteiger partial charge >= 0.3 is 0 Å². The summed E-state index contributed by atoms with van der Waals surface area (Å²) in [6, 6.07) is 17.8. The first-order valence-corrected chi connectivity index (χ1v) is 14.6. The van der Waals surface area contributed by atoms with Crippen molar-refractivity contribution in [3.05, 3.63) is 76.9 Å². The van der Waals surface area contributed by atoms with Crippen LogP contribution in [0.3, 0.4) is 0 Å². The minimum absolute atomic E-state index is 0.212. The number of aromatic amines is 1. The lowest BCUT2D eigenvalue weighted by Crippen LogP contribution is -2.28. The maximum absolute atomic E-state index is 12.9. The van der Waals surface area contributed by atoms with E-state index in [-0.39, 0.29) is 5.91 Å². The van der Waals surface area contributed by atoms with Crippen LogP contribution in [0.25, 0.3) is 33.1 Å². The van der Waals surface area contributed by atoms with E-state index in [9.17, 15) is 4.79 Å². The van der Waals surface area contributed by atoms with Gasteiger partial charge in [0.15, 0.2) is 0 Å². The second-order valence-electron chi connectivity index (χ2n) is 10.1. The van der Waals surface area contributed by atoms with Gasteiger partial charge in [0.2, 0.25) is 0 Å². The molecule has 0 radical (unpaired) electrons. The van der Waals surface area contributed by atoms with Gasteiger partial charge in [0, 0.05) is 48.4 Å². The largest absolute Gasteiger partial charge is 0.426 e. The van der Waals surface area contributed by atoms with Crippen LogP contribution in [0.4, 0.5) is 0 Å². The van der Waals surface area contributed by atoms with Crippen LogP contribution in [0.1, 0.15) is 15.9 Å². The Bertz CT molecular complexity index is 1700. The Hall–Kier alpha value is -3.93. The Morgan fingerprint density at radius 1 is 0.977 bits per heavy atom. The molecular formula is C32H36ClN5O5. The zero-order valence-corrected chi connectivity index (χ0v) is 25.1. The molecule has 4 N–H and O–H groups in total. The number of carbonyl (C=O) groups is 1. The molecule has 0 aliphatic carbocycles. The van der Waals surface area contributed by atoms with Gasteiger partial charge in [-0.1, -0.05) is 23.7 Å². The minimum atomic E-state index is -0.212. The summed E-state index contributed by atoms with van der Waals surface area (Å²) >= 11 is 6.68. The first-order chi connectivity index (χ1) is 20.9. The van der Waals surface area contributed by atoms with Crippen molar-refractivity contribution in [1.82, 2.24) is 19.9 Å². The molecule has 10 nitrogen and oxygen atoms in total. The lowest BCUT2D eigenvalue weighted by Gasteiger charge is -2.10. The third-order valence-corrected chi connectivity index (χ3v) is 7.26. The Balaban J connectivity index is 1.17. The van der Waals surface area contributed by atoms with Crippen LogP contribution < -0.4 is 15.8 Å². The second-order valence-corrected chi connectivity index (χ2v) is 10.5. The Labute approximate surface area is 255 Å². The highest BCUT2D eigenvalue weighted by molar-refractivity contribution is 6.34. The van der Waals surface area contributed by atoms with Crippen molar-refractivity contribution in [2.24, 2.45) is 12.8 Å². The van der Waals surface area contributed by atoms with E-state index >= 15 is 0 Å². The average molecular weight is 606 g/mol. The first-order valence-electron chi connectivity index (χ1n) is 14.2. The molecule has 0 saturated carbocycles. The quantitative estimate of drug-likeness (QED) is 0.140. The van der Waals surface area contributed by atoms with E-state index in [0.29, 0.717) is 75.1 Å². The van der Waals surface area contributed by atoms with E-state index in [1.807, 2.05) is 38.4 Å². The summed E-state index contributed by atoms with van der Waals surface area (Å²) in [7, 11) is 2.02. The fraction of sp³-hybridized carbons (Fsp3) is 0.312. The number of halogens is 1. The van der Waals surface area contributed by atoms with E-state index in [4.69, 9.17) is 36.3 Å². The van der Waals surface area contributed by atoms with Crippen molar-refractivity contribution in [3.63, 3.8) is 0 Å². The van der Waals surface area contributed by atoms with E-state index in [1.165, 1.54) is 0 Å². The molecule has 11 heteroatoms. The molecule has 1 amide bonds. The maximum Gasteiger partial charge on any atom is 0.300 e. The number of fused-ring (bicyclic) bond motifs is 2. The van der Waals surface area contributed by atoms with Crippen LogP contribution in [-0.2, 0) is 21.3 Å². The number of hydrogen-bond acceptors (Lipinski definition) is 7. The van der Waals surface area contributed by atoms with Crippen molar-refractivity contribution in [3.8, 4) is 22.9 Å². The zero-order valence-electron chi connectivity index (χ0n) is 24.3. The topological polar surface area (TPSA) is 126 Å². The summed E-state index contributed by atoms with van der Waals surface area (Å²) in [5.74, 6) is 0.274. The average Bonchev–Trinajstić information content (AvgIpc) is 3.57. The smallest absolute Gasteiger partial charge is 0.300 e. The molecule has 0 spiro atoms. The number of nitrogens with zero attached hydrogens (tertiary/aromatic N) is 2. The van der Waals surface area contributed by atoms with Gasteiger partial charge in [-0.2, -0.15) is 4.98 Å². The molecular weight excluding hydrogens is 570 g/mol. The summed E-state index contributed by atoms with van der Waals surface area (Å²) in [4.78, 5) is 20.7. The van der Waals surface area contributed by atoms with Crippen LogP contribution in [0, 0.1) is 6.92 Å². The third-order valence-electron chi connectivity index (χ3n) is 6.95. The number of imidazole rings is 1. The molecule has 226 valence electrons. The highest BCUT2D eigenvalue weighted by Gasteiger charge is 2.14. The predicted octanol–water partition coefficient (Wildman–Crippen LogP) is 5.21. The molecule has 0 saturated heterocycles. The van der Waals surface area contributed by atoms with Crippen LogP contribution in [0.5, 0.6) is 11.8 Å². The van der Waals surface area contributed by atoms with Crippen molar-refractivity contribution < 1.29 is 23.7 Å². The molecule has 5 aromatic rings. The van der Waals surface area contributed by atoms with Crippen molar-refractivity contribution in [1.29, 1.82) is 0 Å². The molecule has 0 fully saturated rings. The van der Waals surface area contributed by atoms with Gasteiger partial charge in [0.05, 0.1) is 55.7 Å². The number of benzene rings is 3. The third kappa shape index (κ3) is 7.73. The summed E-state index contributed by atoms with van der Waals surface area (Å²) in [5.41, 5.74) is 11.2. The number of nitrogens with two attached hydrogens (primary N) is 1. The maximum atomic E-state index is 12.9. The van der Waals surface area contributed by atoms with Gasteiger partial charge in [-0.3, -0.25) is 4.79 Å². The molecule has 0 aliphatic rings. The van der Waals surface area contributed by atoms with Crippen LogP contribution in [0.15, 0.2) is 60.8 Å². The summed E-state index contributed by atoms with van der Waals surface area (Å²) in [6.07, 6.45) is 2.04. The van der Waals surface area contributed by atoms with Crippen molar-refractivity contribution >= 4 is 39.4 Å². The number of aryl methyl sites for hydroxylation is 2. The van der Waals surface area contributed by atoms with Gasteiger partial charge in [0.25, 0.3) is 11.9 Å². The van der Waals surface area contributed by atoms with E-state index in [2.05, 4.69) is 44.1 Å². The van der Waals surface area contributed by atoms with Crippen LogP contribution >= 0.6 is 11.6 Å². The molecule has 3 aromatic carbocycles. The van der Waals surface area contributed by atoms with Gasteiger partial charge in [-0.25, -0.2) is 0 Å². The number of rotatable bonds is 15. The lowest BCUT2D eigenvalue weighted by atomic mass is 10.0. The molecule has 0 bridgehead atoms. The van der Waals surface area contributed by atoms with Crippen molar-refractivity contribution in [2.75, 3.05) is 52.7 Å². The standard InChI is InChI=1S/C32H36ClN5O5/c1-21-3-5-24(18-25(21)31(39)35-9-12-41-14-16-42-15-13-40-11-8-34)43-32-36-28-19-26(27(33)20-29(28)37-32)22-4-6-30-23(17-22)7-10-38(30)2/h3-7,10,17-20H,8-9,11-16,34H2,1-2H3,(H,35,39)(H,36,37). The zero-order chi connectivity index (χ0) is 30.2. The Morgan fingerprint density at radius 3 is 2.53 bits per heavy atom. The van der Waals surface area contributed by atoms with Gasteiger partial charge < -0.3 is 39.5 Å². The number of H-pyrrole nitrogens is 1. The number of amides is 1. The molecule has 43 heavy (non-hydrogen) atoms. The Kier molecular flexibility index (Phi) is 10.3. The molecule has 0 atom stereocenters. The van der Waals surface area contributed by atoms with E-state index in [0.717, 1.165) is 38.6 Å². The van der Waals surface area contributed by atoms with E-state index in [1.54, 1.807) is 12.1 Å². The number of nitrogens with one attached hydrogen (secondary N) is 2. The summed E-state index contributed by atoms with van der Waals surface area (Å²) in [5, 5.41) is 4.63. The second kappa shape index (κ2) is 14.5. The van der Waals surface area contributed by atoms with Gasteiger partial charge in [-0.15, -0.1) is 0 Å². The number of carbonyl (C=O) groups excluding carboxylic acids is 1. The van der Waals surface area contributed by atoms with Gasteiger partial charge in [0.1, 0.15) is 5.75 Å². The molecule has 5 rings (SSSR count). The van der Waals surface area contributed by atoms with Gasteiger partial charge in [-0.05, 0) is 60.5 Å². The minimum Gasteiger partial charge on any atom is -0.426 e. The fourth-order valence-electron chi connectivity index (χ4n) is 4.70. The number of ether oxygens (including phenoxy) is 4. The molecule has 0 unspecified atom stereocenters. The first kappa shape index (κ1) is 30.5. The summed E-state index contributed by atoms with van der Waals surface area (Å²) < 4.78 is 24.3. The Morgan fingerprint density at radius 2 is 1.74 bits per heavy atom. The highest BCUT2D eigenvalue weighted by atomic mass is 35.5. The fourth-order valence-corrected chi connectivity index (χ4v) is 4.98. The monoisotopic (exact) mass is 605 g/mol.